The van der Waals surface area contributed by atoms with Gasteiger partial charge in [0, 0.05) is 6.42 Å². The first-order valence-electron chi connectivity index (χ1n) is 3.33. The molecule has 0 saturated carbocycles. The fourth-order valence-electron chi connectivity index (χ4n) is 0.874. The average Bonchev–Trinajstić information content (AvgIpc) is 1.93. The second-order valence-corrected chi connectivity index (χ2v) is 2.31. The molecule has 0 fully saturated rings. The van der Waals surface area contributed by atoms with Gasteiger partial charge in [0.15, 0.2) is 6.30 Å². The fraction of sp³-hybridized carbons (Fsp3) is 0.250. The molecule has 4 heteroatoms. The standard InChI is InChI=1S/C8H9F2N.BrH/c9-7-4-2-1-3-6(7)5-8(10)11;/h1-4,8H,5,11H2;1H. The van der Waals surface area contributed by atoms with Gasteiger partial charge < -0.3 is 5.73 Å². The van der Waals surface area contributed by atoms with Crippen molar-refractivity contribution in [1.29, 1.82) is 0 Å². The van der Waals surface area contributed by atoms with Gasteiger partial charge in [-0.25, -0.2) is 8.78 Å². The highest BCUT2D eigenvalue weighted by Crippen LogP contribution is 2.08. The predicted octanol–water partition coefficient (Wildman–Crippen LogP) is 2.20. The van der Waals surface area contributed by atoms with Crippen LogP contribution in [0.4, 0.5) is 8.78 Å². The molecule has 0 aliphatic heterocycles. The third kappa shape index (κ3) is 3.28. The van der Waals surface area contributed by atoms with Crippen LogP contribution in [0.25, 0.3) is 0 Å². The Hall–Kier alpha value is -0.480. The molecule has 0 radical (unpaired) electrons. The van der Waals surface area contributed by atoms with E-state index >= 15 is 0 Å². The molecule has 1 rings (SSSR count). The summed E-state index contributed by atoms with van der Waals surface area (Å²) in [4.78, 5) is 0. The monoisotopic (exact) mass is 237 g/mol. The Labute approximate surface area is 80.3 Å². The normalized spacial score (nSPS) is 11.9. The zero-order chi connectivity index (χ0) is 8.27. The molecule has 0 bridgehead atoms. The topological polar surface area (TPSA) is 26.0 Å². The SMILES string of the molecule is Br.NC(F)Cc1ccccc1F. The van der Waals surface area contributed by atoms with E-state index < -0.39 is 12.1 Å². The van der Waals surface area contributed by atoms with E-state index in [1.807, 2.05) is 0 Å². The highest BCUT2D eigenvalue weighted by Gasteiger charge is 2.04. The van der Waals surface area contributed by atoms with Gasteiger partial charge >= 0.3 is 0 Å². The Morgan fingerprint density at radius 3 is 2.42 bits per heavy atom. The van der Waals surface area contributed by atoms with Crippen molar-refractivity contribution in [1.82, 2.24) is 0 Å². The maximum atomic E-state index is 12.7. The third-order valence-electron chi connectivity index (χ3n) is 1.37. The molecule has 1 aromatic rings. The van der Waals surface area contributed by atoms with Crippen LogP contribution in [0.5, 0.6) is 0 Å². The van der Waals surface area contributed by atoms with E-state index in [4.69, 9.17) is 5.73 Å². The van der Waals surface area contributed by atoms with Crippen LogP contribution in [0.2, 0.25) is 0 Å². The number of alkyl halides is 1. The minimum absolute atomic E-state index is 0. The third-order valence-corrected chi connectivity index (χ3v) is 1.37. The van der Waals surface area contributed by atoms with Crippen molar-refractivity contribution in [2.45, 2.75) is 12.7 Å². The van der Waals surface area contributed by atoms with E-state index in [-0.39, 0.29) is 23.4 Å². The van der Waals surface area contributed by atoms with Crippen molar-refractivity contribution in [3.8, 4) is 0 Å². The molecule has 0 aliphatic carbocycles. The molecule has 1 atom stereocenters. The number of hydrogen-bond acceptors (Lipinski definition) is 1. The van der Waals surface area contributed by atoms with Gasteiger partial charge in [-0.05, 0) is 11.6 Å². The van der Waals surface area contributed by atoms with Crippen LogP contribution in [-0.2, 0) is 6.42 Å². The van der Waals surface area contributed by atoms with E-state index in [9.17, 15) is 8.78 Å². The molecule has 0 heterocycles. The lowest BCUT2D eigenvalue weighted by Gasteiger charge is -2.02. The van der Waals surface area contributed by atoms with Crippen LogP contribution in [0.3, 0.4) is 0 Å². The Bertz CT molecular complexity index is 240. The molecule has 2 N–H and O–H groups in total. The van der Waals surface area contributed by atoms with Gasteiger partial charge in [-0.3, -0.25) is 0 Å². The van der Waals surface area contributed by atoms with Crippen LogP contribution in [0.1, 0.15) is 5.56 Å². The van der Waals surface area contributed by atoms with Gasteiger partial charge in [-0.1, -0.05) is 18.2 Å². The lowest BCUT2D eigenvalue weighted by Crippen LogP contribution is -2.16. The summed E-state index contributed by atoms with van der Waals surface area (Å²) in [6, 6.07) is 6.02. The zero-order valence-corrected chi connectivity index (χ0v) is 8.05. The molecule has 68 valence electrons. The minimum atomic E-state index is -1.48. The number of rotatable bonds is 2. The predicted molar refractivity (Wildman–Crippen MR) is 49.5 cm³/mol. The summed E-state index contributed by atoms with van der Waals surface area (Å²) in [6.07, 6.45) is -1.54. The van der Waals surface area contributed by atoms with Gasteiger partial charge in [-0.15, -0.1) is 17.0 Å². The maximum Gasteiger partial charge on any atom is 0.152 e. The molecular formula is C8H10BrF2N. The van der Waals surface area contributed by atoms with Crippen molar-refractivity contribution >= 4 is 17.0 Å². The average molecular weight is 238 g/mol. The fourth-order valence-corrected chi connectivity index (χ4v) is 0.874. The van der Waals surface area contributed by atoms with Crippen molar-refractivity contribution in [3.05, 3.63) is 35.6 Å². The molecule has 1 unspecified atom stereocenters. The molecule has 1 nitrogen and oxygen atoms in total. The van der Waals surface area contributed by atoms with Crippen molar-refractivity contribution < 1.29 is 8.78 Å². The van der Waals surface area contributed by atoms with Crippen LogP contribution >= 0.6 is 17.0 Å². The quantitative estimate of drug-likeness (QED) is 0.785. The lowest BCUT2D eigenvalue weighted by molar-refractivity contribution is 0.339. The Kier molecular flexibility index (Phi) is 5.01. The van der Waals surface area contributed by atoms with Gasteiger partial charge in [0.2, 0.25) is 0 Å². The summed E-state index contributed by atoms with van der Waals surface area (Å²) < 4.78 is 24.9. The van der Waals surface area contributed by atoms with E-state index in [1.54, 1.807) is 12.1 Å². The summed E-state index contributed by atoms with van der Waals surface area (Å²) in [6.45, 7) is 0. The molecule has 0 aliphatic rings. The van der Waals surface area contributed by atoms with Crippen LogP contribution in [0, 0.1) is 5.82 Å². The first-order valence-corrected chi connectivity index (χ1v) is 3.33. The largest absolute Gasteiger partial charge is 0.301 e. The summed E-state index contributed by atoms with van der Waals surface area (Å²) in [5.74, 6) is -0.402. The van der Waals surface area contributed by atoms with Crippen molar-refractivity contribution in [2.75, 3.05) is 0 Å². The number of hydrogen-bond donors (Lipinski definition) is 1. The van der Waals surface area contributed by atoms with Gasteiger partial charge in [-0.2, -0.15) is 0 Å². The highest BCUT2D eigenvalue weighted by molar-refractivity contribution is 8.93. The molecule has 12 heavy (non-hydrogen) atoms. The smallest absolute Gasteiger partial charge is 0.152 e. The molecule has 0 spiro atoms. The number of halogens is 3. The van der Waals surface area contributed by atoms with Crippen LogP contribution in [-0.4, -0.2) is 6.30 Å². The highest BCUT2D eigenvalue weighted by atomic mass is 79.9. The van der Waals surface area contributed by atoms with Crippen molar-refractivity contribution in [2.24, 2.45) is 5.73 Å². The minimum Gasteiger partial charge on any atom is -0.301 e. The number of benzene rings is 1. The van der Waals surface area contributed by atoms with Gasteiger partial charge in [0.1, 0.15) is 5.82 Å². The van der Waals surface area contributed by atoms with E-state index in [0.29, 0.717) is 5.56 Å². The first-order chi connectivity index (χ1) is 5.20. The Morgan fingerprint density at radius 1 is 1.33 bits per heavy atom. The summed E-state index contributed by atoms with van der Waals surface area (Å²) in [5.41, 5.74) is 5.18. The van der Waals surface area contributed by atoms with Gasteiger partial charge in [0.05, 0.1) is 0 Å². The number of nitrogens with two attached hydrogens (primary N) is 1. The molecule has 0 saturated heterocycles. The summed E-state index contributed by atoms with van der Waals surface area (Å²) in [7, 11) is 0. The summed E-state index contributed by atoms with van der Waals surface area (Å²) >= 11 is 0. The van der Waals surface area contributed by atoms with E-state index in [0.717, 1.165) is 0 Å². The lowest BCUT2D eigenvalue weighted by atomic mass is 10.1. The first kappa shape index (κ1) is 11.5. The second-order valence-electron chi connectivity index (χ2n) is 2.31. The van der Waals surface area contributed by atoms with Crippen LogP contribution < -0.4 is 5.73 Å². The van der Waals surface area contributed by atoms with Crippen LogP contribution in [0.15, 0.2) is 24.3 Å². The Balaban J connectivity index is 0.00000121. The zero-order valence-electron chi connectivity index (χ0n) is 6.34. The molecular weight excluding hydrogens is 228 g/mol. The van der Waals surface area contributed by atoms with Crippen molar-refractivity contribution in [3.63, 3.8) is 0 Å². The van der Waals surface area contributed by atoms with E-state index in [2.05, 4.69) is 0 Å². The Morgan fingerprint density at radius 2 is 1.92 bits per heavy atom. The van der Waals surface area contributed by atoms with Gasteiger partial charge in [0.25, 0.3) is 0 Å². The molecule has 0 amide bonds. The maximum absolute atomic E-state index is 12.7. The summed E-state index contributed by atoms with van der Waals surface area (Å²) in [5, 5.41) is 0. The molecule has 0 aromatic heterocycles. The van der Waals surface area contributed by atoms with E-state index in [1.165, 1.54) is 12.1 Å². The second kappa shape index (κ2) is 5.22. The molecule has 1 aromatic carbocycles.